The van der Waals surface area contributed by atoms with E-state index in [1.807, 2.05) is 19.2 Å². The fourth-order valence-electron chi connectivity index (χ4n) is 2.92. The molecule has 1 rings (SSSR count). The summed E-state index contributed by atoms with van der Waals surface area (Å²) in [5.74, 6) is 0.910. The van der Waals surface area contributed by atoms with Crippen LogP contribution in [0.15, 0.2) is 24.3 Å². The molecule has 3 heteroatoms. The van der Waals surface area contributed by atoms with Gasteiger partial charge >= 0.3 is 0 Å². The van der Waals surface area contributed by atoms with E-state index in [2.05, 4.69) is 38.2 Å². The minimum Gasteiger partial charge on any atom is -0.497 e. The van der Waals surface area contributed by atoms with Crippen molar-refractivity contribution in [3.05, 3.63) is 29.8 Å². The Morgan fingerprint density at radius 3 is 2.40 bits per heavy atom. The van der Waals surface area contributed by atoms with Crippen LogP contribution in [-0.2, 0) is 11.2 Å². The number of nitrogens with one attached hydrogen (secondary N) is 1. The van der Waals surface area contributed by atoms with Gasteiger partial charge in [0.15, 0.2) is 0 Å². The molecule has 0 fully saturated rings. The van der Waals surface area contributed by atoms with Gasteiger partial charge in [-0.15, -0.1) is 0 Å². The van der Waals surface area contributed by atoms with Crippen LogP contribution in [0, 0.1) is 0 Å². The lowest BCUT2D eigenvalue weighted by Crippen LogP contribution is -2.52. The average molecular weight is 279 g/mol. The first-order valence-electron chi connectivity index (χ1n) is 7.59. The largest absolute Gasteiger partial charge is 0.497 e. The molecule has 3 nitrogen and oxygen atoms in total. The lowest BCUT2D eigenvalue weighted by molar-refractivity contribution is -0.0703. The molecule has 1 aromatic carbocycles. The Balaban J connectivity index is 2.93. The average Bonchev–Trinajstić information content (AvgIpc) is 2.51. The molecule has 0 heterocycles. The Bertz CT molecular complexity index is 388. The third-order valence-corrected chi connectivity index (χ3v) is 4.19. The standard InChI is InChI=1S/C17H29NO2/c1-6-17(7-2,20-8-3)16(18-4)13-14-10-9-11-15(12-14)19-5/h9-12,16,18H,6-8,13H2,1-5H3. The van der Waals surface area contributed by atoms with E-state index in [0.29, 0.717) is 6.04 Å². The molecule has 0 aliphatic carbocycles. The maximum Gasteiger partial charge on any atom is 0.119 e. The molecular weight excluding hydrogens is 250 g/mol. The summed E-state index contributed by atoms with van der Waals surface area (Å²) in [6, 6.07) is 8.57. The summed E-state index contributed by atoms with van der Waals surface area (Å²) in [6.07, 6.45) is 2.95. The molecular formula is C17H29NO2. The van der Waals surface area contributed by atoms with Crippen LogP contribution in [0.4, 0.5) is 0 Å². The second-order valence-electron chi connectivity index (χ2n) is 5.10. The maximum absolute atomic E-state index is 6.12. The molecule has 1 unspecified atom stereocenters. The second-order valence-corrected chi connectivity index (χ2v) is 5.10. The smallest absolute Gasteiger partial charge is 0.119 e. The van der Waals surface area contributed by atoms with Crippen molar-refractivity contribution in [3.63, 3.8) is 0 Å². The fourth-order valence-corrected chi connectivity index (χ4v) is 2.92. The van der Waals surface area contributed by atoms with Gasteiger partial charge in [-0.1, -0.05) is 26.0 Å². The van der Waals surface area contributed by atoms with Gasteiger partial charge in [0, 0.05) is 12.6 Å². The zero-order chi connectivity index (χ0) is 15.0. The number of benzene rings is 1. The predicted octanol–water partition coefficient (Wildman–Crippen LogP) is 3.42. The monoisotopic (exact) mass is 279 g/mol. The third-order valence-electron chi connectivity index (χ3n) is 4.19. The number of rotatable bonds is 9. The highest BCUT2D eigenvalue weighted by Crippen LogP contribution is 2.28. The van der Waals surface area contributed by atoms with Gasteiger partial charge in [0.25, 0.3) is 0 Å². The van der Waals surface area contributed by atoms with Crippen molar-refractivity contribution >= 4 is 0 Å². The topological polar surface area (TPSA) is 30.5 Å². The molecule has 0 saturated heterocycles. The molecule has 1 atom stereocenters. The van der Waals surface area contributed by atoms with Crippen LogP contribution >= 0.6 is 0 Å². The summed E-state index contributed by atoms with van der Waals surface area (Å²) >= 11 is 0. The van der Waals surface area contributed by atoms with Crippen LogP contribution in [-0.4, -0.2) is 32.4 Å². The molecule has 0 aliphatic rings. The molecule has 1 N–H and O–H groups in total. The lowest BCUT2D eigenvalue weighted by Gasteiger charge is -2.39. The number of hydrogen-bond acceptors (Lipinski definition) is 3. The van der Waals surface area contributed by atoms with E-state index >= 15 is 0 Å². The molecule has 1 aromatic rings. The molecule has 0 aliphatic heterocycles. The van der Waals surface area contributed by atoms with Crippen LogP contribution < -0.4 is 10.1 Å². The summed E-state index contributed by atoms with van der Waals surface area (Å²) in [6.45, 7) is 7.22. The van der Waals surface area contributed by atoms with Gasteiger partial charge in [-0.05, 0) is 50.9 Å². The summed E-state index contributed by atoms with van der Waals surface area (Å²) < 4.78 is 11.4. The van der Waals surface area contributed by atoms with Gasteiger partial charge in [0.2, 0.25) is 0 Å². The van der Waals surface area contributed by atoms with Crippen molar-refractivity contribution in [2.24, 2.45) is 0 Å². The summed E-state index contributed by atoms with van der Waals surface area (Å²) in [5.41, 5.74) is 1.17. The maximum atomic E-state index is 6.12. The van der Waals surface area contributed by atoms with E-state index in [4.69, 9.17) is 9.47 Å². The van der Waals surface area contributed by atoms with Gasteiger partial charge in [0.05, 0.1) is 12.7 Å². The number of methoxy groups -OCH3 is 1. The van der Waals surface area contributed by atoms with Crippen LogP contribution in [0.5, 0.6) is 5.75 Å². The normalized spacial score (nSPS) is 13.2. The molecule has 0 amide bonds. The Morgan fingerprint density at radius 1 is 1.20 bits per heavy atom. The Morgan fingerprint density at radius 2 is 1.90 bits per heavy atom. The molecule has 0 spiro atoms. The SMILES string of the molecule is CCOC(CC)(CC)C(Cc1cccc(OC)c1)NC. The number of likely N-dealkylation sites (N-methyl/N-ethyl adjacent to an activating group) is 1. The zero-order valence-corrected chi connectivity index (χ0v) is 13.5. The van der Waals surface area contributed by atoms with E-state index < -0.39 is 0 Å². The highest BCUT2D eigenvalue weighted by atomic mass is 16.5. The summed E-state index contributed by atoms with van der Waals surface area (Å²) in [4.78, 5) is 0. The van der Waals surface area contributed by atoms with Crippen LogP contribution in [0.2, 0.25) is 0 Å². The van der Waals surface area contributed by atoms with Crippen molar-refractivity contribution in [2.75, 3.05) is 20.8 Å². The summed E-state index contributed by atoms with van der Waals surface area (Å²) in [5, 5.41) is 3.45. The zero-order valence-electron chi connectivity index (χ0n) is 13.5. The van der Waals surface area contributed by atoms with Gasteiger partial charge in [-0.2, -0.15) is 0 Å². The molecule has 0 radical (unpaired) electrons. The van der Waals surface area contributed by atoms with E-state index in [1.165, 1.54) is 5.56 Å². The van der Waals surface area contributed by atoms with Crippen LogP contribution in [0.1, 0.15) is 39.2 Å². The van der Waals surface area contributed by atoms with Crippen molar-refractivity contribution in [1.29, 1.82) is 0 Å². The lowest BCUT2D eigenvalue weighted by atomic mass is 9.84. The first kappa shape index (κ1) is 17.0. The third kappa shape index (κ3) is 3.97. The van der Waals surface area contributed by atoms with Crippen molar-refractivity contribution in [3.8, 4) is 5.75 Å². The number of hydrogen-bond donors (Lipinski definition) is 1. The van der Waals surface area contributed by atoms with E-state index in [0.717, 1.165) is 31.6 Å². The van der Waals surface area contributed by atoms with Gasteiger partial charge in [-0.25, -0.2) is 0 Å². The number of ether oxygens (including phenoxy) is 2. The first-order chi connectivity index (χ1) is 9.65. The minimum absolute atomic E-state index is 0.105. The molecule has 0 aromatic heterocycles. The molecule has 0 saturated carbocycles. The van der Waals surface area contributed by atoms with Crippen LogP contribution in [0.3, 0.4) is 0 Å². The minimum atomic E-state index is -0.105. The second kappa shape index (κ2) is 8.28. The Hall–Kier alpha value is -1.06. The first-order valence-corrected chi connectivity index (χ1v) is 7.59. The van der Waals surface area contributed by atoms with Gasteiger partial charge in [0.1, 0.15) is 5.75 Å². The van der Waals surface area contributed by atoms with Crippen LogP contribution in [0.25, 0.3) is 0 Å². The highest BCUT2D eigenvalue weighted by molar-refractivity contribution is 5.29. The molecule has 114 valence electrons. The summed E-state index contributed by atoms with van der Waals surface area (Å²) in [7, 11) is 3.72. The Kier molecular flexibility index (Phi) is 7.03. The van der Waals surface area contributed by atoms with Crippen molar-refractivity contribution in [1.82, 2.24) is 5.32 Å². The van der Waals surface area contributed by atoms with Gasteiger partial charge < -0.3 is 14.8 Å². The van der Waals surface area contributed by atoms with Crippen molar-refractivity contribution in [2.45, 2.75) is 51.7 Å². The van der Waals surface area contributed by atoms with Crippen molar-refractivity contribution < 1.29 is 9.47 Å². The van der Waals surface area contributed by atoms with E-state index in [-0.39, 0.29) is 5.60 Å². The van der Waals surface area contributed by atoms with Gasteiger partial charge in [-0.3, -0.25) is 0 Å². The molecule has 0 bridgehead atoms. The predicted molar refractivity (Wildman–Crippen MR) is 84.5 cm³/mol. The molecule has 20 heavy (non-hydrogen) atoms. The fraction of sp³-hybridized carbons (Fsp3) is 0.647. The highest BCUT2D eigenvalue weighted by Gasteiger charge is 2.35. The quantitative estimate of drug-likeness (QED) is 0.751. The van der Waals surface area contributed by atoms with E-state index in [9.17, 15) is 0 Å². The van der Waals surface area contributed by atoms with E-state index in [1.54, 1.807) is 7.11 Å². The Labute approximate surface area is 123 Å².